The summed E-state index contributed by atoms with van der Waals surface area (Å²) in [6.07, 6.45) is 1.69. The number of benzene rings is 1. The molecule has 1 aromatic heterocycles. The lowest BCUT2D eigenvalue weighted by atomic mass is 10.2. The molecule has 2 N–H and O–H groups in total. The van der Waals surface area contributed by atoms with Crippen LogP contribution in [0.4, 0.5) is 0 Å². The molecule has 9 nitrogen and oxygen atoms in total. The van der Waals surface area contributed by atoms with Crippen LogP contribution in [0, 0.1) is 10.1 Å². The summed E-state index contributed by atoms with van der Waals surface area (Å²) in [5.74, 6) is 4.69. The molecule has 1 aromatic carbocycles. The molecule has 0 aliphatic carbocycles. The summed E-state index contributed by atoms with van der Waals surface area (Å²) in [6.45, 7) is 3.34. The predicted molar refractivity (Wildman–Crippen MR) is 137 cm³/mol. The fourth-order valence-electron chi connectivity index (χ4n) is 3.17. The van der Waals surface area contributed by atoms with Crippen molar-refractivity contribution >= 4 is 11.8 Å². The Morgan fingerprint density at radius 3 is 2.56 bits per heavy atom. The van der Waals surface area contributed by atoms with Crippen molar-refractivity contribution in [3.05, 3.63) is 75.6 Å². The third-order valence-electron chi connectivity index (χ3n) is 4.53. The molecular formula is C24H37N5O4S. The van der Waals surface area contributed by atoms with Crippen LogP contribution in [0.5, 0.6) is 5.75 Å². The normalized spacial score (nSPS) is 11.8. The minimum Gasteiger partial charge on any atom is -0.494 e. The van der Waals surface area contributed by atoms with Gasteiger partial charge in [-0.15, -0.1) is 0 Å². The second-order valence-electron chi connectivity index (χ2n) is 8.43. The first-order valence-electron chi connectivity index (χ1n) is 11.3. The van der Waals surface area contributed by atoms with E-state index in [1.54, 1.807) is 11.8 Å². The molecule has 0 spiro atoms. The quantitative estimate of drug-likeness (QED) is 0.196. The Morgan fingerprint density at radius 1 is 1.09 bits per heavy atom. The lowest BCUT2D eigenvalue weighted by Crippen LogP contribution is -2.30. The van der Waals surface area contributed by atoms with Gasteiger partial charge in [0.1, 0.15) is 17.3 Å². The van der Waals surface area contributed by atoms with Crippen LogP contribution in [0.1, 0.15) is 23.5 Å². The molecule has 10 heteroatoms. The highest BCUT2D eigenvalue weighted by atomic mass is 32.2. The van der Waals surface area contributed by atoms with Crippen molar-refractivity contribution in [1.82, 2.24) is 20.4 Å². The Bertz CT molecular complexity index is 901. The largest absolute Gasteiger partial charge is 0.494 e. The van der Waals surface area contributed by atoms with E-state index < -0.39 is 4.92 Å². The van der Waals surface area contributed by atoms with Gasteiger partial charge < -0.3 is 29.6 Å². The van der Waals surface area contributed by atoms with E-state index in [9.17, 15) is 10.1 Å². The van der Waals surface area contributed by atoms with Crippen LogP contribution < -0.4 is 15.4 Å². The zero-order valence-corrected chi connectivity index (χ0v) is 21.4. The van der Waals surface area contributed by atoms with Gasteiger partial charge in [-0.3, -0.25) is 10.1 Å². The summed E-state index contributed by atoms with van der Waals surface area (Å²) in [5, 5.41) is 17.1. The summed E-state index contributed by atoms with van der Waals surface area (Å²) in [6, 6.07) is 12.0. The van der Waals surface area contributed by atoms with Gasteiger partial charge in [0, 0.05) is 25.4 Å². The van der Waals surface area contributed by atoms with Gasteiger partial charge in [-0.1, -0.05) is 12.1 Å². The molecule has 34 heavy (non-hydrogen) atoms. The lowest BCUT2D eigenvalue weighted by Gasteiger charge is -2.13. The van der Waals surface area contributed by atoms with Gasteiger partial charge in [-0.2, -0.15) is 11.8 Å². The Kier molecular flexibility index (Phi) is 12.4. The molecule has 188 valence electrons. The lowest BCUT2D eigenvalue weighted by molar-refractivity contribution is -0.404. The van der Waals surface area contributed by atoms with E-state index in [1.807, 2.05) is 58.5 Å². The Labute approximate surface area is 206 Å². The van der Waals surface area contributed by atoms with Crippen LogP contribution in [0.25, 0.3) is 0 Å². The molecular weight excluding hydrogens is 454 g/mol. The minimum atomic E-state index is -0.454. The highest BCUT2D eigenvalue weighted by Gasteiger charge is 2.05. The summed E-state index contributed by atoms with van der Waals surface area (Å²) < 4.78 is 11.6. The predicted octanol–water partition coefficient (Wildman–Crippen LogP) is 3.36. The van der Waals surface area contributed by atoms with Crippen LogP contribution >= 0.6 is 11.8 Å². The third-order valence-corrected chi connectivity index (χ3v) is 5.51. The molecule has 0 saturated heterocycles. The van der Waals surface area contributed by atoms with Gasteiger partial charge >= 0.3 is 0 Å². The molecule has 0 aliphatic heterocycles. The molecule has 0 atom stereocenters. The van der Waals surface area contributed by atoms with Crippen molar-refractivity contribution in [2.24, 2.45) is 0 Å². The smallest absolute Gasteiger partial charge is 0.274 e. The maximum absolute atomic E-state index is 10.9. The SMILES string of the molecule is CN(C)Cc1cccc(OCCCNC(=C[N+](=O)[O-])NCCSCc2ccc(CN(C)C)o2)c1. The van der Waals surface area contributed by atoms with Gasteiger partial charge in [0.25, 0.3) is 6.20 Å². The fourth-order valence-corrected chi connectivity index (χ4v) is 3.92. The highest BCUT2D eigenvalue weighted by Crippen LogP contribution is 2.16. The minimum absolute atomic E-state index is 0.407. The zero-order chi connectivity index (χ0) is 24.8. The zero-order valence-electron chi connectivity index (χ0n) is 20.6. The van der Waals surface area contributed by atoms with Crippen molar-refractivity contribution in [3.63, 3.8) is 0 Å². The van der Waals surface area contributed by atoms with E-state index in [-0.39, 0.29) is 0 Å². The summed E-state index contributed by atoms with van der Waals surface area (Å²) in [5.41, 5.74) is 1.19. The fraction of sp³-hybridized carbons (Fsp3) is 0.500. The van der Waals surface area contributed by atoms with E-state index in [0.717, 1.165) is 54.5 Å². The molecule has 0 aliphatic rings. The van der Waals surface area contributed by atoms with Crippen molar-refractivity contribution in [2.75, 3.05) is 53.6 Å². The van der Waals surface area contributed by atoms with E-state index in [1.165, 1.54) is 5.56 Å². The Hall–Kier alpha value is -2.69. The molecule has 0 unspecified atom stereocenters. The number of hydrogen-bond acceptors (Lipinski definition) is 9. The number of ether oxygens (including phenoxy) is 1. The van der Waals surface area contributed by atoms with E-state index >= 15 is 0 Å². The number of hydrogen-bond donors (Lipinski definition) is 2. The van der Waals surface area contributed by atoms with Crippen molar-refractivity contribution in [2.45, 2.75) is 25.3 Å². The molecule has 0 saturated carbocycles. The summed E-state index contributed by atoms with van der Waals surface area (Å²) in [7, 11) is 8.07. The average molecular weight is 492 g/mol. The highest BCUT2D eigenvalue weighted by molar-refractivity contribution is 7.98. The molecule has 2 aromatic rings. The van der Waals surface area contributed by atoms with Crippen LogP contribution in [-0.4, -0.2) is 68.4 Å². The molecule has 0 bridgehead atoms. The van der Waals surface area contributed by atoms with Crippen LogP contribution in [0.2, 0.25) is 0 Å². The Balaban J connectivity index is 1.64. The van der Waals surface area contributed by atoms with E-state index in [0.29, 0.717) is 25.5 Å². The number of thioether (sulfide) groups is 1. The monoisotopic (exact) mass is 491 g/mol. The van der Waals surface area contributed by atoms with E-state index in [2.05, 4.69) is 26.5 Å². The van der Waals surface area contributed by atoms with Gasteiger partial charge in [0.2, 0.25) is 0 Å². The topological polar surface area (TPSA) is 96.0 Å². The number of nitro groups is 1. The van der Waals surface area contributed by atoms with Gasteiger partial charge in [-0.05, 0) is 64.4 Å². The number of rotatable bonds is 17. The summed E-state index contributed by atoms with van der Waals surface area (Å²) in [4.78, 5) is 14.7. The molecule has 0 radical (unpaired) electrons. The maximum Gasteiger partial charge on any atom is 0.274 e. The first-order valence-corrected chi connectivity index (χ1v) is 12.5. The van der Waals surface area contributed by atoms with Gasteiger partial charge in [-0.25, -0.2) is 0 Å². The van der Waals surface area contributed by atoms with Crippen LogP contribution in [0.15, 0.2) is 52.8 Å². The molecule has 1 heterocycles. The first-order chi connectivity index (χ1) is 16.3. The van der Waals surface area contributed by atoms with E-state index in [4.69, 9.17) is 9.15 Å². The maximum atomic E-state index is 10.9. The second kappa shape index (κ2) is 15.3. The van der Waals surface area contributed by atoms with Crippen molar-refractivity contribution < 1.29 is 14.1 Å². The van der Waals surface area contributed by atoms with Gasteiger partial charge in [0.05, 0.1) is 23.8 Å². The van der Waals surface area contributed by atoms with Crippen LogP contribution in [0.3, 0.4) is 0 Å². The number of nitrogens with one attached hydrogen (secondary N) is 2. The molecule has 2 rings (SSSR count). The first kappa shape index (κ1) is 27.6. The van der Waals surface area contributed by atoms with Crippen LogP contribution in [-0.2, 0) is 18.8 Å². The summed E-state index contributed by atoms with van der Waals surface area (Å²) >= 11 is 1.72. The standard InChI is InChI=1S/C24H37N5O4S/c1-27(2)16-20-7-5-8-21(15-20)32-13-6-11-25-24(18-29(30)31)26-12-14-34-19-23-10-9-22(33-23)17-28(3)4/h5,7-10,15,18,25-26H,6,11-14,16-17,19H2,1-4H3. The van der Waals surface area contributed by atoms with Crippen molar-refractivity contribution in [3.8, 4) is 5.75 Å². The van der Waals surface area contributed by atoms with Gasteiger partial charge in [0.15, 0.2) is 5.82 Å². The molecule has 0 amide bonds. The van der Waals surface area contributed by atoms with Crippen molar-refractivity contribution in [1.29, 1.82) is 0 Å². The number of nitrogens with zero attached hydrogens (tertiary/aromatic N) is 3. The molecule has 0 fully saturated rings. The average Bonchev–Trinajstić information content (AvgIpc) is 3.19. The number of furan rings is 1. The second-order valence-corrected chi connectivity index (χ2v) is 9.53. The third kappa shape index (κ3) is 12.0. The Morgan fingerprint density at radius 2 is 1.82 bits per heavy atom.